The van der Waals surface area contributed by atoms with E-state index >= 15 is 0 Å². The maximum atomic E-state index is 11.3. The van der Waals surface area contributed by atoms with Crippen molar-refractivity contribution in [3.63, 3.8) is 0 Å². The molecule has 0 unspecified atom stereocenters. The standard InChI is InChI=1S/C27H35NO5/c1-4-5-6-7-16-31-24-14-11-23(12-15-24)28-20-22-10-13-25(19-26(22)29)32-17-8-9-18-33-27(30)21(2)3/h10-15,19-20,29H,2,4-9,16-18H2,1,3H3. The monoisotopic (exact) mass is 453 g/mol. The van der Waals surface area contributed by atoms with E-state index in [9.17, 15) is 9.90 Å². The molecule has 0 aliphatic carbocycles. The number of carbonyl (C=O) groups is 1. The third-order valence-corrected chi connectivity index (χ3v) is 4.85. The molecule has 0 saturated heterocycles. The van der Waals surface area contributed by atoms with E-state index in [1.807, 2.05) is 24.3 Å². The van der Waals surface area contributed by atoms with Crippen molar-refractivity contribution < 1.29 is 24.1 Å². The highest BCUT2D eigenvalue weighted by atomic mass is 16.5. The Bertz CT molecular complexity index is 905. The number of aliphatic imine (C=N–C) groups is 1. The first kappa shape index (κ1) is 26.0. The highest BCUT2D eigenvalue weighted by Crippen LogP contribution is 2.24. The number of phenols is 1. The Balaban J connectivity index is 1.74. The minimum atomic E-state index is -0.375. The average molecular weight is 454 g/mol. The summed E-state index contributed by atoms with van der Waals surface area (Å²) in [5.41, 5.74) is 1.77. The zero-order valence-electron chi connectivity index (χ0n) is 19.7. The lowest BCUT2D eigenvalue weighted by atomic mass is 10.2. The molecule has 0 aromatic heterocycles. The second kappa shape index (κ2) is 14.7. The van der Waals surface area contributed by atoms with Gasteiger partial charge >= 0.3 is 5.97 Å². The van der Waals surface area contributed by atoms with Gasteiger partial charge in [-0.1, -0.05) is 32.8 Å². The summed E-state index contributed by atoms with van der Waals surface area (Å²) >= 11 is 0. The molecule has 2 aromatic rings. The SMILES string of the molecule is C=C(C)C(=O)OCCCCOc1ccc(C=Nc2ccc(OCCCCCC)cc2)c(O)c1. The topological polar surface area (TPSA) is 77.4 Å². The molecule has 0 aliphatic rings. The Labute approximate surface area is 196 Å². The van der Waals surface area contributed by atoms with E-state index in [4.69, 9.17) is 14.2 Å². The van der Waals surface area contributed by atoms with Crippen molar-refractivity contribution in [3.8, 4) is 17.2 Å². The lowest BCUT2D eigenvalue weighted by Gasteiger charge is -2.08. The molecule has 178 valence electrons. The number of phenolic OH excluding ortho intramolecular Hbond substituents is 1. The normalized spacial score (nSPS) is 10.8. The van der Waals surface area contributed by atoms with Crippen LogP contribution in [0.5, 0.6) is 17.2 Å². The smallest absolute Gasteiger partial charge is 0.333 e. The predicted octanol–water partition coefficient (Wildman–Crippen LogP) is 6.38. The number of hydrogen-bond acceptors (Lipinski definition) is 6. The van der Waals surface area contributed by atoms with Crippen LogP contribution in [0.3, 0.4) is 0 Å². The average Bonchev–Trinajstić information content (AvgIpc) is 2.81. The summed E-state index contributed by atoms with van der Waals surface area (Å²) in [6.07, 6.45) is 7.76. The molecule has 0 fully saturated rings. The number of carbonyl (C=O) groups excluding carboxylic acids is 1. The molecular weight excluding hydrogens is 418 g/mol. The van der Waals surface area contributed by atoms with E-state index in [0.29, 0.717) is 36.5 Å². The van der Waals surface area contributed by atoms with Crippen LogP contribution in [0.4, 0.5) is 5.69 Å². The summed E-state index contributed by atoms with van der Waals surface area (Å²) < 4.78 is 16.4. The van der Waals surface area contributed by atoms with Crippen molar-refractivity contribution in [1.29, 1.82) is 0 Å². The van der Waals surface area contributed by atoms with Gasteiger partial charge in [0.25, 0.3) is 0 Å². The van der Waals surface area contributed by atoms with E-state index in [-0.39, 0.29) is 11.7 Å². The number of nitrogens with zero attached hydrogens (tertiary/aromatic N) is 1. The van der Waals surface area contributed by atoms with Gasteiger partial charge < -0.3 is 19.3 Å². The van der Waals surface area contributed by atoms with E-state index in [0.717, 1.165) is 30.9 Å². The van der Waals surface area contributed by atoms with Crippen LogP contribution in [0.1, 0.15) is 57.9 Å². The van der Waals surface area contributed by atoms with Crippen molar-refractivity contribution in [1.82, 2.24) is 0 Å². The van der Waals surface area contributed by atoms with Crippen molar-refractivity contribution >= 4 is 17.9 Å². The number of esters is 1. The molecule has 0 heterocycles. The molecule has 0 radical (unpaired) electrons. The molecule has 33 heavy (non-hydrogen) atoms. The molecule has 2 aromatic carbocycles. The van der Waals surface area contributed by atoms with Crippen molar-refractivity contribution in [3.05, 3.63) is 60.2 Å². The van der Waals surface area contributed by atoms with Crippen LogP contribution < -0.4 is 9.47 Å². The first-order chi connectivity index (χ1) is 16.0. The molecule has 6 nitrogen and oxygen atoms in total. The molecular formula is C27H35NO5. The second-order valence-corrected chi connectivity index (χ2v) is 7.85. The van der Waals surface area contributed by atoms with E-state index < -0.39 is 0 Å². The molecule has 6 heteroatoms. The molecule has 2 rings (SSSR count). The molecule has 0 spiro atoms. The molecule has 0 aliphatic heterocycles. The summed E-state index contributed by atoms with van der Waals surface area (Å²) in [6, 6.07) is 12.7. The van der Waals surface area contributed by atoms with Gasteiger partial charge in [0, 0.05) is 23.4 Å². The Hall–Kier alpha value is -3.28. The largest absolute Gasteiger partial charge is 0.507 e. The van der Waals surface area contributed by atoms with Crippen LogP contribution >= 0.6 is 0 Å². The lowest BCUT2D eigenvalue weighted by molar-refractivity contribution is -0.139. The maximum Gasteiger partial charge on any atom is 0.333 e. The summed E-state index contributed by atoms with van der Waals surface area (Å²) in [6.45, 7) is 8.88. The van der Waals surface area contributed by atoms with Crippen LogP contribution in [-0.2, 0) is 9.53 Å². The Morgan fingerprint density at radius 3 is 2.24 bits per heavy atom. The van der Waals surface area contributed by atoms with Gasteiger partial charge in [-0.05, 0) is 62.6 Å². The van der Waals surface area contributed by atoms with Gasteiger partial charge in [-0.25, -0.2) is 4.79 Å². The number of unbranched alkanes of at least 4 members (excludes halogenated alkanes) is 4. The van der Waals surface area contributed by atoms with Gasteiger partial charge in [0.15, 0.2) is 0 Å². The fraction of sp³-hybridized carbons (Fsp3) is 0.407. The van der Waals surface area contributed by atoms with Crippen LogP contribution in [0, 0.1) is 0 Å². The minimum Gasteiger partial charge on any atom is -0.507 e. The second-order valence-electron chi connectivity index (χ2n) is 7.85. The van der Waals surface area contributed by atoms with Gasteiger partial charge in [-0.2, -0.15) is 0 Å². The van der Waals surface area contributed by atoms with Crippen LogP contribution in [-0.4, -0.2) is 37.1 Å². The third-order valence-electron chi connectivity index (χ3n) is 4.85. The van der Waals surface area contributed by atoms with Gasteiger partial charge in [0.1, 0.15) is 17.2 Å². The molecule has 1 N–H and O–H groups in total. The van der Waals surface area contributed by atoms with Crippen molar-refractivity contribution in [2.75, 3.05) is 19.8 Å². The summed E-state index contributed by atoms with van der Waals surface area (Å²) in [7, 11) is 0. The highest BCUT2D eigenvalue weighted by molar-refractivity contribution is 5.87. The van der Waals surface area contributed by atoms with Gasteiger partial charge in [0.2, 0.25) is 0 Å². The van der Waals surface area contributed by atoms with E-state index in [2.05, 4.69) is 18.5 Å². The van der Waals surface area contributed by atoms with Gasteiger partial charge in [-0.15, -0.1) is 0 Å². The number of hydrogen-bond donors (Lipinski definition) is 1. The van der Waals surface area contributed by atoms with Crippen LogP contribution in [0.2, 0.25) is 0 Å². The zero-order valence-corrected chi connectivity index (χ0v) is 19.7. The number of ether oxygens (including phenoxy) is 3. The highest BCUT2D eigenvalue weighted by Gasteiger charge is 2.04. The van der Waals surface area contributed by atoms with Crippen molar-refractivity contribution in [2.45, 2.75) is 52.4 Å². The van der Waals surface area contributed by atoms with Crippen LogP contribution in [0.25, 0.3) is 0 Å². The number of aromatic hydroxyl groups is 1. The summed E-state index contributed by atoms with van der Waals surface area (Å²) in [5.74, 6) is 1.13. The Morgan fingerprint density at radius 2 is 1.58 bits per heavy atom. The molecule has 0 amide bonds. The maximum absolute atomic E-state index is 11.3. The van der Waals surface area contributed by atoms with Gasteiger partial charge in [0.05, 0.1) is 25.5 Å². The molecule has 0 bridgehead atoms. The minimum absolute atomic E-state index is 0.0960. The summed E-state index contributed by atoms with van der Waals surface area (Å²) in [4.78, 5) is 15.7. The van der Waals surface area contributed by atoms with Gasteiger partial charge in [-0.3, -0.25) is 4.99 Å². The zero-order chi connectivity index (χ0) is 23.9. The van der Waals surface area contributed by atoms with E-state index in [1.54, 1.807) is 31.3 Å². The van der Waals surface area contributed by atoms with Crippen LogP contribution in [0.15, 0.2) is 59.6 Å². The number of benzene rings is 2. The molecule has 0 atom stereocenters. The predicted molar refractivity (Wildman–Crippen MR) is 132 cm³/mol. The first-order valence-corrected chi connectivity index (χ1v) is 11.5. The Morgan fingerprint density at radius 1 is 0.939 bits per heavy atom. The number of rotatable bonds is 15. The lowest BCUT2D eigenvalue weighted by Crippen LogP contribution is -2.07. The Kier molecular flexibility index (Phi) is 11.6. The third kappa shape index (κ3) is 10.3. The van der Waals surface area contributed by atoms with E-state index in [1.165, 1.54) is 19.3 Å². The fourth-order valence-corrected chi connectivity index (χ4v) is 2.90. The first-order valence-electron chi connectivity index (χ1n) is 11.5. The summed E-state index contributed by atoms with van der Waals surface area (Å²) in [5, 5.41) is 10.3. The van der Waals surface area contributed by atoms with Crippen molar-refractivity contribution in [2.24, 2.45) is 4.99 Å². The fourth-order valence-electron chi connectivity index (χ4n) is 2.90. The quantitative estimate of drug-likeness (QED) is 0.146. The molecule has 0 saturated carbocycles.